The molecule has 1 atom stereocenters. The molecule has 1 N–H and O–H groups in total. The van der Waals surface area contributed by atoms with Gasteiger partial charge in [-0.05, 0) is 31.6 Å². The molecule has 2 amide bonds. The van der Waals surface area contributed by atoms with Crippen LogP contribution in [0.3, 0.4) is 0 Å². The van der Waals surface area contributed by atoms with Gasteiger partial charge in [-0.3, -0.25) is 0 Å². The number of sulfone groups is 1. The summed E-state index contributed by atoms with van der Waals surface area (Å²) in [5, 5.41) is 6.79. The minimum Gasteiger partial charge on any atom is -0.339 e. The number of urea groups is 1. The van der Waals surface area contributed by atoms with Crippen LogP contribution in [-0.4, -0.2) is 61.1 Å². The van der Waals surface area contributed by atoms with Crippen LogP contribution in [0.2, 0.25) is 0 Å². The number of nitrogens with one attached hydrogen (secondary N) is 1. The zero-order chi connectivity index (χ0) is 17.2. The van der Waals surface area contributed by atoms with E-state index < -0.39 is 9.84 Å². The number of hydrogen-bond acceptors (Lipinski definition) is 6. The van der Waals surface area contributed by atoms with Gasteiger partial charge in [0.15, 0.2) is 5.82 Å². The van der Waals surface area contributed by atoms with Crippen molar-refractivity contribution in [1.82, 2.24) is 20.4 Å². The first kappa shape index (κ1) is 17.2. The lowest BCUT2D eigenvalue weighted by molar-refractivity contribution is 0.170. The fourth-order valence-electron chi connectivity index (χ4n) is 3.08. The second-order valence-corrected chi connectivity index (χ2v) is 9.03. The van der Waals surface area contributed by atoms with Crippen LogP contribution in [0.1, 0.15) is 43.3 Å². The van der Waals surface area contributed by atoms with Crippen molar-refractivity contribution in [3.8, 4) is 0 Å². The molecule has 2 fully saturated rings. The Hall–Kier alpha value is -1.64. The first-order valence-corrected chi connectivity index (χ1v) is 10.5. The molecule has 0 unspecified atom stereocenters. The number of piperidine rings is 1. The molecule has 0 spiro atoms. The molecule has 8 nitrogen and oxygen atoms in total. The van der Waals surface area contributed by atoms with E-state index in [1.807, 2.05) is 0 Å². The molecule has 1 saturated heterocycles. The molecule has 1 aliphatic heterocycles. The molecule has 1 aromatic heterocycles. The summed E-state index contributed by atoms with van der Waals surface area (Å²) < 4.78 is 28.0. The van der Waals surface area contributed by atoms with Gasteiger partial charge in [0.05, 0.1) is 5.75 Å². The highest BCUT2D eigenvalue weighted by Gasteiger charge is 2.29. The summed E-state index contributed by atoms with van der Waals surface area (Å²) in [5.74, 6) is 1.94. The van der Waals surface area contributed by atoms with E-state index in [4.69, 9.17) is 4.52 Å². The van der Waals surface area contributed by atoms with Gasteiger partial charge in [-0.2, -0.15) is 4.98 Å². The highest BCUT2D eigenvalue weighted by molar-refractivity contribution is 7.90. The van der Waals surface area contributed by atoms with Crippen molar-refractivity contribution in [3.05, 3.63) is 11.7 Å². The van der Waals surface area contributed by atoms with Crippen LogP contribution >= 0.6 is 0 Å². The van der Waals surface area contributed by atoms with Crippen LogP contribution in [0, 0.1) is 5.92 Å². The summed E-state index contributed by atoms with van der Waals surface area (Å²) in [5.41, 5.74) is 0. The second-order valence-electron chi connectivity index (χ2n) is 6.85. The minimum absolute atomic E-state index is 0.0246. The van der Waals surface area contributed by atoms with E-state index in [2.05, 4.69) is 15.5 Å². The Morgan fingerprint density at radius 3 is 2.88 bits per heavy atom. The summed E-state index contributed by atoms with van der Waals surface area (Å²) in [6, 6.07) is -0.157. The Morgan fingerprint density at radius 1 is 1.38 bits per heavy atom. The predicted molar refractivity (Wildman–Crippen MR) is 87.4 cm³/mol. The standard InChI is InChI=1S/C15H24N4O4S/c1-24(21,22)10-11-3-2-8-19(9-11)15(20)16-7-6-13-17-14(18-23-13)12-4-5-12/h11-12H,2-10H2,1H3,(H,16,20)/t11-/m1/s1. The molecule has 0 radical (unpaired) electrons. The maximum atomic E-state index is 12.2. The third-order valence-electron chi connectivity index (χ3n) is 4.39. The predicted octanol–water partition coefficient (Wildman–Crippen LogP) is 0.956. The van der Waals surface area contributed by atoms with E-state index >= 15 is 0 Å². The van der Waals surface area contributed by atoms with Crippen LogP contribution in [0.5, 0.6) is 0 Å². The number of amides is 2. The van der Waals surface area contributed by atoms with Gasteiger partial charge in [-0.25, -0.2) is 13.2 Å². The lowest BCUT2D eigenvalue weighted by atomic mass is 10.0. The number of rotatable bonds is 6. The number of nitrogens with zero attached hydrogens (tertiary/aromatic N) is 3. The maximum Gasteiger partial charge on any atom is 0.317 e. The fraction of sp³-hybridized carbons (Fsp3) is 0.800. The average molecular weight is 356 g/mol. The lowest BCUT2D eigenvalue weighted by Gasteiger charge is -2.32. The van der Waals surface area contributed by atoms with Crippen molar-refractivity contribution in [2.75, 3.05) is 31.6 Å². The van der Waals surface area contributed by atoms with Gasteiger partial charge < -0.3 is 14.7 Å². The molecular formula is C15H24N4O4S. The van der Waals surface area contributed by atoms with Crippen molar-refractivity contribution >= 4 is 15.9 Å². The van der Waals surface area contributed by atoms with Crippen LogP contribution in [0.15, 0.2) is 4.52 Å². The summed E-state index contributed by atoms with van der Waals surface area (Å²) in [6.07, 6.45) is 5.68. The molecule has 0 bridgehead atoms. The maximum absolute atomic E-state index is 12.2. The van der Waals surface area contributed by atoms with Crippen molar-refractivity contribution < 1.29 is 17.7 Å². The number of hydrogen-bond donors (Lipinski definition) is 1. The van der Waals surface area contributed by atoms with Crippen LogP contribution in [-0.2, 0) is 16.3 Å². The SMILES string of the molecule is CS(=O)(=O)C[C@@H]1CCCN(C(=O)NCCc2nc(C3CC3)no2)C1. The Labute approximate surface area is 141 Å². The van der Waals surface area contributed by atoms with E-state index in [0.717, 1.165) is 31.5 Å². The largest absolute Gasteiger partial charge is 0.339 e. The van der Waals surface area contributed by atoms with Gasteiger partial charge in [0.25, 0.3) is 0 Å². The summed E-state index contributed by atoms with van der Waals surface area (Å²) in [6.45, 7) is 1.59. The first-order chi connectivity index (χ1) is 11.4. The summed E-state index contributed by atoms with van der Waals surface area (Å²) >= 11 is 0. The third kappa shape index (κ3) is 4.93. The van der Waals surface area contributed by atoms with Gasteiger partial charge in [-0.15, -0.1) is 0 Å². The Kier molecular flexibility index (Phi) is 5.07. The third-order valence-corrected chi connectivity index (χ3v) is 5.46. The lowest BCUT2D eigenvalue weighted by Crippen LogP contribution is -2.47. The fourth-order valence-corrected chi connectivity index (χ4v) is 4.21. The molecule has 3 rings (SSSR count). The normalized spacial score (nSPS) is 21.7. The minimum atomic E-state index is -3.01. The first-order valence-electron chi connectivity index (χ1n) is 8.43. The topological polar surface area (TPSA) is 105 Å². The van der Waals surface area contributed by atoms with E-state index in [-0.39, 0.29) is 17.7 Å². The molecule has 2 heterocycles. The van der Waals surface area contributed by atoms with Crippen LogP contribution in [0.25, 0.3) is 0 Å². The summed E-state index contributed by atoms with van der Waals surface area (Å²) in [7, 11) is -3.01. The van der Waals surface area contributed by atoms with Gasteiger partial charge in [0, 0.05) is 38.2 Å². The van der Waals surface area contributed by atoms with Gasteiger partial charge in [0.1, 0.15) is 9.84 Å². The number of aromatic nitrogens is 2. The number of carbonyl (C=O) groups is 1. The molecule has 9 heteroatoms. The van der Waals surface area contributed by atoms with Crippen LogP contribution < -0.4 is 5.32 Å². The molecular weight excluding hydrogens is 332 g/mol. The van der Waals surface area contributed by atoms with Gasteiger partial charge in [-0.1, -0.05) is 5.16 Å². The molecule has 1 aromatic rings. The van der Waals surface area contributed by atoms with Gasteiger partial charge in [0.2, 0.25) is 5.89 Å². The zero-order valence-electron chi connectivity index (χ0n) is 13.9. The van der Waals surface area contributed by atoms with Crippen LogP contribution in [0.4, 0.5) is 4.79 Å². The van der Waals surface area contributed by atoms with Gasteiger partial charge >= 0.3 is 6.03 Å². The highest BCUT2D eigenvalue weighted by Crippen LogP contribution is 2.38. The Morgan fingerprint density at radius 2 is 2.17 bits per heavy atom. The van der Waals surface area contributed by atoms with Crippen molar-refractivity contribution in [2.24, 2.45) is 5.92 Å². The summed E-state index contributed by atoms with van der Waals surface area (Å²) in [4.78, 5) is 18.2. The zero-order valence-corrected chi connectivity index (χ0v) is 14.7. The molecule has 1 saturated carbocycles. The van der Waals surface area contributed by atoms with E-state index in [1.54, 1.807) is 4.90 Å². The Balaban J connectivity index is 1.42. The van der Waals surface area contributed by atoms with Crippen molar-refractivity contribution in [1.29, 1.82) is 0 Å². The molecule has 2 aliphatic rings. The van der Waals surface area contributed by atoms with E-state index in [1.165, 1.54) is 6.26 Å². The number of carbonyl (C=O) groups excluding carboxylic acids is 1. The monoisotopic (exact) mass is 356 g/mol. The number of likely N-dealkylation sites (tertiary alicyclic amines) is 1. The quantitative estimate of drug-likeness (QED) is 0.814. The van der Waals surface area contributed by atoms with Crippen molar-refractivity contribution in [2.45, 2.75) is 38.0 Å². The second kappa shape index (κ2) is 7.08. The average Bonchev–Trinajstić information content (AvgIpc) is 3.25. The van der Waals surface area contributed by atoms with Crippen molar-refractivity contribution in [3.63, 3.8) is 0 Å². The molecule has 134 valence electrons. The molecule has 24 heavy (non-hydrogen) atoms. The van der Waals surface area contributed by atoms with E-state index in [0.29, 0.717) is 37.9 Å². The molecule has 0 aromatic carbocycles. The van der Waals surface area contributed by atoms with E-state index in [9.17, 15) is 13.2 Å². The highest BCUT2D eigenvalue weighted by atomic mass is 32.2. The molecule has 1 aliphatic carbocycles. The Bertz CT molecular complexity index is 683. The smallest absolute Gasteiger partial charge is 0.317 e.